The first-order valence-electron chi connectivity index (χ1n) is 4.44. The molecule has 1 heterocycles. The zero-order chi connectivity index (χ0) is 7.40. The second-order valence-corrected chi connectivity index (χ2v) is 6.12. The van der Waals surface area contributed by atoms with Gasteiger partial charge in [0.2, 0.25) is 0 Å². The smallest absolute Gasteiger partial charge is 0.177 e. The highest BCUT2D eigenvalue weighted by molar-refractivity contribution is 6.52. The Kier molecular flexibility index (Phi) is 3.42. The van der Waals surface area contributed by atoms with Gasteiger partial charge in [0.25, 0.3) is 0 Å². The molecule has 0 spiro atoms. The van der Waals surface area contributed by atoms with Crippen molar-refractivity contribution in [1.82, 2.24) is 0 Å². The molecule has 1 saturated heterocycles. The molecule has 0 N–H and O–H groups in total. The molecule has 0 atom stereocenters. The first-order valence-corrected chi connectivity index (χ1v) is 6.55. The molecule has 1 aliphatic rings. The Hall–Kier alpha value is 0.177. The van der Waals surface area contributed by atoms with Crippen molar-refractivity contribution >= 4 is 9.04 Å². The van der Waals surface area contributed by atoms with Gasteiger partial charge < -0.3 is 4.43 Å². The quantitative estimate of drug-likeness (QED) is 0.560. The van der Waals surface area contributed by atoms with Gasteiger partial charge in [-0.15, -0.1) is 0 Å². The molecule has 0 aromatic heterocycles. The van der Waals surface area contributed by atoms with Crippen LogP contribution < -0.4 is 0 Å². The maximum Gasteiger partial charge on any atom is 0.177 e. The first kappa shape index (κ1) is 8.28. The molecule has 0 bridgehead atoms. The molecule has 0 amide bonds. The molecule has 2 heteroatoms. The molecular weight excluding hydrogens is 140 g/mol. The standard InChI is InChI=1S/C8H18OSi/c1-8(2)9-10-6-4-3-5-7-10/h8,10H,3-7H2,1-2H3. The summed E-state index contributed by atoms with van der Waals surface area (Å²) in [5, 5.41) is 0. The van der Waals surface area contributed by atoms with E-state index in [1.54, 1.807) is 0 Å². The van der Waals surface area contributed by atoms with E-state index in [0.717, 1.165) is 0 Å². The lowest BCUT2D eigenvalue weighted by Crippen LogP contribution is -2.24. The minimum atomic E-state index is -0.684. The summed E-state index contributed by atoms with van der Waals surface area (Å²) in [5.41, 5.74) is 0. The van der Waals surface area contributed by atoms with Gasteiger partial charge in [-0.2, -0.15) is 0 Å². The monoisotopic (exact) mass is 158 g/mol. The molecule has 0 unspecified atom stereocenters. The minimum absolute atomic E-state index is 0.481. The highest BCUT2D eigenvalue weighted by Crippen LogP contribution is 2.20. The highest BCUT2D eigenvalue weighted by Gasteiger charge is 2.16. The molecular formula is C8H18OSi. The molecule has 0 aliphatic carbocycles. The van der Waals surface area contributed by atoms with Crippen LogP contribution in [0.4, 0.5) is 0 Å². The third kappa shape index (κ3) is 2.84. The fourth-order valence-electron chi connectivity index (χ4n) is 1.59. The molecule has 0 aromatic rings. The van der Waals surface area contributed by atoms with E-state index in [-0.39, 0.29) is 0 Å². The average Bonchev–Trinajstić information content (AvgIpc) is 1.88. The molecule has 0 aromatic carbocycles. The van der Waals surface area contributed by atoms with Gasteiger partial charge in [-0.3, -0.25) is 0 Å². The second-order valence-electron chi connectivity index (χ2n) is 3.44. The van der Waals surface area contributed by atoms with E-state index in [1.165, 1.54) is 31.4 Å². The van der Waals surface area contributed by atoms with Gasteiger partial charge in [-0.25, -0.2) is 0 Å². The van der Waals surface area contributed by atoms with Gasteiger partial charge in [0.1, 0.15) is 0 Å². The Balaban J connectivity index is 2.13. The van der Waals surface area contributed by atoms with Crippen LogP contribution in [0.15, 0.2) is 0 Å². The molecule has 0 radical (unpaired) electrons. The second kappa shape index (κ2) is 4.14. The predicted molar refractivity (Wildman–Crippen MR) is 46.8 cm³/mol. The number of hydrogen-bond acceptors (Lipinski definition) is 1. The van der Waals surface area contributed by atoms with Crippen LogP contribution >= 0.6 is 0 Å². The van der Waals surface area contributed by atoms with Gasteiger partial charge in [0.05, 0.1) is 0 Å². The maximum absolute atomic E-state index is 5.83. The predicted octanol–water partition coefficient (Wildman–Crippen LogP) is 2.32. The van der Waals surface area contributed by atoms with Crippen molar-refractivity contribution in [1.29, 1.82) is 0 Å². The Labute approximate surface area is 65.5 Å². The lowest BCUT2D eigenvalue weighted by atomic mass is 10.3. The van der Waals surface area contributed by atoms with Crippen molar-refractivity contribution in [2.24, 2.45) is 0 Å². The Morgan fingerprint density at radius 3 is 2.20 bits per heavy atom. The summed E-state index contributed by atoms with van der Waals surface area (Å²) in [4.78, 5) is 0. The van der Waals surface area contributed by atoms with Crippen LogP contribution in [0.2, 0.25) is 12.1 Å². The minimum Gasteiger partial charge on any atom is -0.418 e. The summed E-state index contributed by atoms with van der Waals surface area (Å²) >= 11 is 0. The molecule has 0 saturated carbocycles. The van der Waals surface area contributed by atoms with Crippen molar-refractivity contribution in [2.45, 2.75) is 51.3 Å². The molecule has 60 valence electrons. The fourth-order valence-corrected chi connectivity index (χ4v) is 4.40. The van der Waals surface area contributed by atoms with E-state index in [1.807, 2.05) is 0 Å². The van der Waals surface area contributed by atoms with Gasteiger partial charge in [-0.05, 0) is 25.9 Å². The van der Waals surface area contributed by atoms with Crippen LogP contribution in [0.1, 0.15) is 33.1 Å². The van der Waals surface area contributed by atoms with Gasteiger partial charge in [-0.1, -0.05) is 19.3 Å². The highest BCUT2D eigenvalue weighted by atomic mass is 28.3. The van der Waals surface area contributed by atoms with E-state index < -0.39 is 9.04 Å². The van der Waals surface area contributed by atoms with Gasteiger partial charge >= 0.3 is 0 Å². The topological polar surface area (TPSA) is 9.23 Å². The van der Waals surface area contributed by atoms with E-state index in [2.05, 4.69) is 13.8 Å². The number of hydrogen-bond donors (Lipinski definition) is 0. The summed E-state index contributed by atoms with van der Waals surface area (Å²) in [6.07, 6.45) is 4.80. The summed E-state index contributed by atoms with van der Waals surface area (Å²) in [5.74, 6) is 0. The van der Waals surface area contributed by atoms with Crippen molar-refractivity contribution in [3.8, 4) is 0 Å². The van der Waals surface area contributed by atoms with Gasteiger partial charge in [0, 0.05) is 6.10 Å². The van der Waals surface area contributed by atoms with Crippen LogP contribution in [0.25, 0.3) is 0 Å². The third-order valence-corrected chi connectivity index (χ3v) is 5.05. The SMILES string of the molecule is CC(C)O[SiH]1CCCCC1. The first-order chi connectivity index (χ1) is 4.79. The molecule has 1 rings (SSSR count). The maximum atomic E-state index is 5.83. The molecule has 1 fully saturated rings. The number of rotatable bonds is 2. The zero-order valence-electron chi connectivity index (χ0n) is 7.10. The van der Waals surface area contributed by atoms with E-state index in [9.17, 15) is 0 Å². The van der Waals surface area contributed by atoms with Crippen molar-refractivity contribution < 1.29 is 4.43 Å². The van der Waals surface area contributed by atoms with Crippen LogP contribution in [-0.2, 0) is 4.43 Å². The van der Waals surface area contributed by atoms with Gasteiger partial charge in [0.15, 0.2) is 9.04 Å². The summed E-state index contributed by atoms with van der Waals surface area (Å²) in [6, 6.07) is 2.86. The Bertz CT molecular complexity index is 87.3. The normalized spacial score (nSPS) is 21.9. The Morgan fingerprint density at radius 1 is 1.10 bits per heavy atom. The van der Waals surface area contributed by atoms with Crippen molar-refractivity contribution in [3.63, 3.8) is 0 Å². The summed E-state index contributed by atoms with van der Waals surface area (Å²) in [6.45, 7) is 4.31. The van der Waals surface area contributed by atoms with Crippen molar-refractivity contribution in [3.05, 3.63) is 0 Å². The Morgan fingerprint density at radius 2 is 1.70 bits per heavy atom. The van der Waals surface area contributed by atoms with Crippen LogP contribution in [0, 0.1) is 0 Å². The van der Waals surface area contributed by atoms with Crippen LogP contribution in [0.3, 0.4) is 0 Å². The fraction of sp³-hybridized carbons (Fsp3) is 1.00. The average molecular weight is 158 g/mol. The van der Waals surface area contributed by atoms with E-state index >= 15 is 0 Å². The largest absolute Gasteiger partial charge is 0.418 e. The zero-order valence-corrected chi connectivity index (χ0v) is 8.25. The summed E-state index contributed by atoms with van der Waals surface area (Å²) in [7, 11) is -0.684. The van der Waals surface area contributed by atoms with Crippen molar-refractivity contribution in [2.75, 3.05) is 0 Å². The third-order valence-electron chi connectivity index (χ3n) is 2.02. The summed E-state index contributed by atoms with van der Waals surface area (Å²) < 4.78 is 5.83. The van der Waals surface area contributed by atoms with Crippen LogP contribution in [0.5, 0.6) is 0 Å². The lowest BCUT2D eigenvalue weighted by Gasteiger charge is -2.22. The lowest BCUT2D eigenvalue weighted by molar-refractivity contribution is 0.237. The molecule has 1 nitrogen and oxygen atoms in total. The molecule has 10 heavy (non-hydrogen) atoms. The van der Waals surface area contributed by atoms with E-state index in [0.29, 0.717) is 6.10 Å². The van der Waals surface area contributed by atoms with E-state index in [4.69, 9.17) is 4.43 Å². The molecule has 1 aliphatic heterocycles. The van der Waals surface area contributed by atoms with Crippen LogP contribution in [-0.4, -0.2) is 15.1 Å².